The second-order valence-electron chi connectivity index (χ2n) is 5.34. The third-order valence-electron chi connectivity index (χ3n) is 2.95. The molecule has 2 nitrogen and oxygen atoms in total. The van der Waals surface area contributed by atoms with Gasteiger partial charge < -0.3 is 10.8 Å². The van der Waals surface area contributed by atoms with Crippen molar-refractivity contribution in [2.75, 3.05) is 0 Å². The molecule has 1 aromatic rings. The molecule has 0 spiro atoms. The topological polar surface area (TPSA) is 46.2 Å². The zero-order valence-corrected chi connectivity index (χ0v) is 9.46. The molecule has 0 heterocycles. The van der Waals surface area contributed by atoms with E-state index in [9.17, 15) is 5.11 Å². The zero-order valence-electron chi connectivity index (χ0n) is 9.46. The number of benzene rings is 1. The molecule has 0 aliphatic heterocycles. The molecule has 1 saturated carbocycles. The number of rotatable bonds is 3. The van der Waals surface area contributed by atoms with E-state index in [1.807, 2.05) is 13.8 Å². The smallest absolute Gasteiger partial charge is 0.0631 e. The molecule has 0 unspecified atom stereocenters. The molecule has 82 valence electrons. The molecule has 3 N–H and O–H groups in total. The maximum atomic E-state index is 9.69. The van der Waals surface area contributed by atoms with Crippen LogP contribution in [0.5, 0.6) is 0 Å². The Kier molecular flexibility index (Phi) is 2.36. The van der Waals surface area contributed by atoms with Crippen LogP contribution in [-0.4, -0.2) is 10.7 Å². The minimum Gasteiger partial charge on any atom is -0.390 e. The van der Waals surface area contributed by atoms with Gasteiger partial charge in [-0.2, -0.15) is 0 Å². The van der Waals surface area contributed by atoms with Gasteiger partial charge in [-0.3, -0.25) is 0 Å². The van der Waals surface area contributed by atoms with Crippen molar-refractivity contribution in [1.82, 2.24) is 0 Å². The molecule has 1 fully saturated rings. The lowest BCUT2D eigenvalue weighted by molar-refractivity contribution is 0.0810. The summed E-state index contributed by atoms with van der Waals surface area (Å²) >= 11 is 0. The molecule has 0 atom stereocenters. The molecule has 0 saturated heterocycles. The monoisotopic (exact) mass is 205 g/mol. The highest BCUT2D eigenvalue weighted by atomic mass is 16.3. The van der Waals surface area contributed by atoms with E-state index in [1.54, 1.807) is 0 Å². The Hall–Kier alpha value is -0.860. The molecule has 0 radical (unpaired) electrons. The van der Waals surface area contributed by atoms with Crippen LogP contribution in [0.2, 0.25) is 0 Å². The molecule has 0 amide bonds. The molecular weight excluding hydrogens is 186 g/mol. The van der Waals surface area contributed by atoms with Crippen molar-refractivity contribution in [3.8, 4) is 0 Å². The Morgan fingerprint density at radius 2 is 1.80 bits per heavy atom. The summed E-state index contributed by atoms with van der Waals surface area (Å²) in [4.78, 5) is 0. The van der Waals surface area contributed by atoms with E-state index < -0.39 is 5.60 Å². The van der Waals surface area contributed by atoms with Gasteiger partial charge in [0.2, 0.25) is 0 Å². The van der Waals surface area contributed by atoms with Crippen LogP contribution in [0.4, 0.5) is 0 Å². The zero-order chi connectivity index (χ0) is 11.1. The van der Waals surface area contributed by atoms with E-state index in [2.05, 4.69) is 24.3 Å². The van der Waals surface area contributed by atoms with Gasteiger partial charge in [0.25, 0.3) is 0 Å². The fourth-order valence-electron chi connectivity index (χ4n) is 1.88. The molecule has 0 bridgehead atoms. The van der Waals surface area contributed by atoms with Gasteiger partial charge in [0.05, 0.1) is 5.60 Å². The van der Waals surface area contributed by atoms with Crippen molar-refractivity contribution < 1.29 is 5.11 Å². The van der Waals surface area contributed by atoms with E-state index >= 15 is 0 Å². The van der Waals surface area contributed by atoms with Gasteiger partial charge in [-0.05, 0) is 37.8 Å². The Balaban J connectivity index is 2.11. The second-order valence-corrected chi connectivity index (χ2v) is 5.34. The highest BCUT2D eigenvalue weighted by molar-refractivity contribution is 5.32. The maximum absolute atomic E-state index is 9.69. The van der Waals surface area contributed by atoms with Crippen LogP contribution in [0.15, 0.2) is 24.3 Å². The Morgan fingerprint density at radius 1 is 1.27 bits per heavy atom. The minimum atomic E-state index is -0.637. The van der Waals surface area contributed by atoms with Gasteiger partial charge >= 0.3 is 0 Å². The van der Waals surface area contributed by atoms with Crippen LogP contribution in [0.25, 0.3) is 0 Å². The number of aliphatic hydroxyl groups is 1. The Bertz CT molecular complexity index is 344. The average Bonchev–Trinajstić information content (AvgIpc) is 2.83. The largest absolute Gasteiger partial charge is 0.390 e. The van der Waals surface area contributed by atoms with E-state index in [0.29, 0.717) is 6.42 Å². The van der Waals surface area contributed by atoms with Crippen molar-refractivity contribution in [2.24, 2.45) is 5.73 Å². The molecule has 1 aliphatic carbocycles. The first-order valence-electron chi connectivity index (χ1n) is 5.50. The van der Waals surface area contributed by atoms with Gasteiger partial charge in [-0.1, -0.05) is 24.3 Å². The van der Waals surface area contributed by atoms with E-state index in [1.165, 1.54) is 5.56 Å². The van der Waals surface area contributed by atoms with Crippen molar-refractivity contribution in [1.29, 1.82) is 0 Å². The molecule has 1 aromatic carbocycles. The molecule has 2 heteroatoms. The lowest BCUT2D eigenvalue weighted by Crippen LogP contribution is -2.22. The Labute approximate surface area is 91.1 Å². The molecule has 15 heavy (non-hydrogen) atoms. The summed E-state index contributed by atoms with van der Waals surface area (Å²) in [6, 6.07) is 8.32. The normalized spacial score (nSPS) is 18.9. The summed E-state index contributed by atoms with van der Waals surface area (Å²) in [5, 5.41) is 9.69. The van der Waals surface area contributed by atoms with Crippen LogP contribution in [0.1, 0.15) is 37.8 Å². The molecule has 1 aliphatic rings. The fourth-order valence-corrected chi connectivity index (χ4v) is 1.88. The SMILES string of the molecule is CC(C)(O)Cc1ccc(C2(N)CC2)cc1. The lowest BCUT2D eigenvalue weighted by atomic mass is 9.96. The van der Waals surface area contributed by atoms with E-state index in [4.69, 9.17) is 5.73 Å². The van der Waals surface area contributed by atoms with Gasteiger partial charge in [-0.15, -0.1) is 0 Å². The Morgan fingerprint density at radius 3 is 2.20 bits per heavy atom. The number of hydrogen-bond acceptors (Lipinski definition) is 2. The standard InChI is InChI=1S/C13H19NO/c1-12(2,15)9-10-3-5-11(6-4-10)13(14)7-8-13/h3-6,15H,7-9,14H2,1-2H3. The fraction of sp³-hybridized carbons (Fsp3) is 0.538. The lowest BCUT2D eigenvalue weighted by Gasteiger charge is -2.17. The summed E-state index contributed by atoms with van der Waals surface area (Å²) in [6.07, 6.45) is 2.88. The molecule has 2 rings (SSSR count). The van der Waals surface area contributed by atoms with Crippen LogP contribution in [0.3, 0.4) is 0 Å². The third-order valence-corrected chi connectivity index (χ3v) is 2.95. The predicted molar refractivity (Wildman–Crippen MR) is 61.5 cm³/mol. The van der Waals surface area contributed by atoms with Crippen LogP contribution < -0.4 is 5.73 Å². The maximum Gasteiger partial charge on any atom is 0.0631 e. The van der Waals surface area contributed by atoms with Crippen LogP contribution in [-0.2, 0) is 12.0 Å². The van der Waals surface area contributed by atoms with Crippen LogP contribution in [0, 0.1) is 0 Å². The van der Waals surface area contributed by atoms with Crippen molar-refractivity contribution in [3.05, 3.63) is 35.4 Å². The summed E-state index contributed by atoms with van der Waals surface area (Å²) in [5.41, 5.74) is 7.80. The van der Waals surface area contributed by atoms with E-state index in [-0.39, 0.29) is 5.54 Å². The van der Waals surface area contributed by atoms with Gasteiger partial charge in [0, 0.05) is 12.0 Å². The first-order chi connectivity index (χ1) is 6.89. The minimum absolute atomic E-state index is 0.0484. The van der Waals surface area contributed by atoms with Gasteiger partial charge in [-0.25, -0.2) is 0 Å². The number of nitrogens with two attached hydrogens (primary N) is 1. The highest BCUT2D eigenvalue weighted by Gasteiger charge is 2.39. The summed E-state index contributed by atoms with van der Waals surface area (Å²) in [6.45, 7) is 3.65. The summed E-state index contributed by atoms with van der Waals surface area (Å²) in [5.74, 6) is 0. The van der Waals surface area contributed by atoms with E-state index in [0.717, 1.165) is 18.4 Å². The summed E-state index contributed by atoms with van der Waals surface area (Å²) in [7, 11) is 0. The highest BCUT2D eigenvalue weighted by Crippen LogP contribution is 2.42. The molecule has 0 aromatic heterocycles. The second kappa shape index (κ2) is 3.32. The van der Waals surface area contributed by atoms with Gasteiger partial charge in [0.15, 0.2) is 0 Å². The first-order valence-corrected chi connectivity index (χ1v) is 5.50. The first kappa shape index (κ1) is 10.7. The quantitative estimate of drug-likeness (QED) is 0.792. The van der Waals surface area contributed by atoms with Gasteiger partial charge in [0.1, 0.15) is 0 Å². The average molecular weight is 205 g/mol. The predicted octanol–water partition coefficient (Wildman–Crippen LogP) is 1.95. The van der Waals surface area contributed by atoms with Crippen LogP contribution >= 0.6 is 0 Å². The van der Waals surface area contributed by atoms with Crippen molar-refractivity contribution in [2.45, 2.75) is 44.2 Å². The number of hydrogen-bond donors (Lipinski definition) is 2. The van der Waals surface area contributed by atoms with Crippen molar-refractivity contribution in [3.63, 3.8) is 0 Å². The van der Waals surface area contributed by atoms with Crippen molar-refractivity contribution >= 4 is 0 Å². The summed E-state index contributed by atoms with van der Waals surface area (Å²) < 4.78 is 0. The molecular formula is C13H19NO. The third kappa shape index (κ3) is 2.58.